The highest BCUT2D eigenvalue weighted by atomic mass is 19.2. The summed E-state index contributed by atoms with van der Waals surface area (Å²) in [6, 6.07) is 3.52. The van der Waals surface area contributed by atoms with Gasteiger partial charge in [-0.3, -0.25) is 0 Å². The zero-order valence-electron chi connectivity index (χ0n) is 11.1. The Bertz CT molecular complexity index is 517. The molecule has 1 saturated heterocycles. The van der Waals surface area contributed by atoms with Crippen LogP contribution in [0.5, 0.6) is 0 Å². The molecule has 1 aliphatic heterocycles. The summed E-state index contributed by atoms with van der Waals surface area (Å²) < 4.78 is 36.8. The van der Waals surface area contributed by atoms with Gasteiger partial charge < -0.3 is 9.47 Å². The first-order valence-electron chi connectivity index (χ1n) is 6.24. The zero-order valence-corrected chi connectivity index (χ0v) is 11.1. The first kappa shape index (κ1) is 13.9. The molecule has 19 heavy (non-hydrogen) atoms. The second-order valence-electron chi connectivity index (χ2n) is 4.67. The quantitative estimate of drug-likeness (QED) is 0.623. The van der Waals surface area contributed by atoms with Crippen molar-refractivity contribution < 1.29 is 23.0 Å². The molecule has 0 amide bonds. The Morgan fingerprint density at radius 3 is 2.53 bits per heavy atom. The number of halogens is 2. The third-order valence-corrected chi connectivity index (χ3v) is 3.68. The van der Waals surface area contributed by atoms with Crippen molar-refractivity contribution in [3.8, 4) is 0 Å². The molecule has 104 valence electrons. The highest BCUT2D eigenvalue weighted by Crippen LogP contribution is 2.58. The first-order chi connectivity index (χ1) is 8.91. The SMILES string of the molecule is CCOC(=O)C1(CC)OC1(C)c1ccc(F)c(F)c1. The van der Waals surface area contributed by atoms with Gasteiger partial charge in [0.2, 0.25) is 0 Å². The number of benzene rings is 1. The molecule has 2 rings (SSSR count). The summed E-state index contributed by atoms with van der Waals surface area (Å²) in [5.74, 6) is -2.35. The molecule has 0 saturated carbocycles. The smallest absolute Gasteiger partial charge is 0.341 e. The Morgan fingerprint density at radius 1 is 1.32 bits per heavy atom. The molecule has 1 aliphatic rings. The number of rotatable bonds is 4. The third kappa shape index (κ3) is 1.92. The van der Waals surface area contributed by atoms with E-state index < -0.39 is 28.8 Å². The minimum Gasteiger partial charge on any atom is -0.464 e. The Morgan fingerprint density at radius 2 is 2.00 bits per heavy atom. The molecule has 0 aromatic heterocycles. The fourth-order valence-electron chi connectivity index (χ4n) is 2.45. The van der Waals surface area contributed by atoms with Crippen LogP contribution in [-0.2, 0) is 19.9 Å². The monoisotopic (exact) mass is 270 g/mol. The van der Waals surface area contributed by atoms with Crippen LogP contribution < -0.4 is 0 Å². The number of carbonyl (C=O) groups excluding carboxylic acids is 1. The maximum atomic E-state index is 13.3. The second-order valence-corrected chi connectivity index (χ2v) is 4.67. The molecule has 0 bridgehead atoms. The topological polar surface area (TPSA) is 38.8 Å². The van der Waals surface area contributed by atoms with Gasteiger partial charge in [0, 0.05) is 0 Å². The van der Waals surface area contributed by atoms with Crippen LogP contribution in [0.4, 0.5) is 8.78 Å². The molecule has 1 fully saturated rings. The van der Waals surface area contributed by atoms with Crippen LogP contribution in [0.2, 0.25) is 0 Å². The fraction of sp³-hybridized carbons (Fsp3) is 0.500. The summed E-state index contributed by atoms with van der Waals surface area (Å²) in [6.45, 7) is 5.43. The predicted octanol–water partition coefficient (Wildman–Crippen LogP) is 2.92. The van der Waals surface area contributed by atoms with Crippen molar-refractivity contribution in [2.75, 3.05) is 6.61 Å². The number of hydrogen-bond donors (Lipinski definition) is 0. The molecule has 2 atom stereocenters. The summed E-state index contributed by atoms with van der Waals surface area (Å²) in [4.78, 5) is 12.0. The van der Waals surface area contributed by atoms with Crippen molar-refractivity contribution >= 4 is 5.97 Å². The van der Waals surface area contributed by atoms with E-state index in [2.05, 4.69) is 0 Å². The maximum absolute atomic E-state index is 13.3. The van der Waals surface area contributed by atoms with Crippen molar-refractivity contribution in [3.63, 3.8) is 0 Å². The molecular weight excluding hydrogens is 254 g/mol. The predicted molar refractivity (Wildman–Crippen MR) is 64.5 cm³/mol. The lowest BCUT2D eigenvalue weighted by Crippen LogP contribution is -2.32. The van der Waals surface area contributed by atoms with Crippen molar-refractivity contribution in [1.29, 1.82) is 0 Å². The number of ether oxygens (including phenoxy) is 2. The van der Waals surface area contributed by atoms with Crippen LogP contribution in [0.15, 0.2) is 18.2 Å². The summed E-state index contributed by atoms with van der Waals surface area (Å²) in [6.07, 6.45) is 0.404. The highest BCUT2D eigenvalue weighted by molar-refractivity contribution is 5.85. The summed E-state index contributed by atoms with van der Waals surface area (Å²) in [7, 11) is 0. The van der Waals surface area contributed by atoms with Crippen LogP contribution in [0.1, 0.15) is 32.8 Å². The molecule has 5 heteroatoms. The molecule has 0 N–H and O–H groups in total. The summed E-state index contributed by atoms with van der Waals surface area (Å²) >= 11 is 0. The van der Waals surface area contributed by atoms with Crippen molar-refractivity contribution in [3.05, 3.63) is 35.4 Å². The van der Waals surface area contributed by atoms with E-state index in [1.807, 2.05) is 0 Å². The third-order valence-electron chi connectivity index (χ3n) is 3.68. The van der Waals surface area contributed by atoms with E-state index >= 15 is 0 Å². The minimum absolute atomic E-state index is 0.248. The molecule has 0 radical (unpaired) electrons. The average molecular weight is 270 g/mol. The highest BCUT2D eigenvalue weighted by Gasteiger charge is 2.72. The van der Waals surface area contributed by atoms with Gasteiger partial charge in [0.1, 0.15) is 5.60 Å². The molecule has 0 spiro atoms. The fourth-order valence-corrected chi connectivity index (χ4v) is 2.45. The largest absolute Gasteiger partial charge is 0.464 e. The Labute approximate surface area is 110 Å². The molecule has 0 aliphatic carbocycles. The number of epoxide rings is 1. The average Bonchev–Trinajstić information content (AvgIpc) is 3.01. The van der Waals surface area contributed by atoms with Crippen molar-refractivity contribution in [1.82, 2.24) is 0 Å². The van der Waals surface area contributed by atoms with Crippen LogP contribution in [0, 0.1) is 11.6 Å². The number of esters is 1. The van der Waals surface area contributed by atoms with E-state index in [1.54, 1.807) is 20.8 Å². The number of hydrogen-bond acceptors (Lipinski definition) is 3. The Balaban J connectivity index is 2.34. The minimum atomic E-state index is -1.10. The van der Waals surface area contributed by atoms with Gasteiger partial charge in [-0.25, -0.2) is 13.6 Å². The molecule has 1 heterocycles. The second kappa shape index (κ2) is 4.56. The maximum Gasteiger partial charge on any atom is 0.341 e. The molecule has 1 aromatic carbocycles. The lowest BCUT2D eigenvalue weighted by atomic mass is 9.86. The zero-order chi connectivity index (χ0) is 14.3. The van der Waals surface area contributed by atoms with Gasteiger partial charge in [-0.15, -0.1) is 0 Å². The van der Waals surface area contributed by atoms with Crippen molar-refractivity contribution in [2.24, 2.45) is 0 Å². The van der Waals surface area contributed by atoms with Gasteiger partial charge >= 0.3 is 5.97 Å². The van der Waals surface area contributed by atoms with Crippen LogP contribution >= 0.6 is 0 Å². The summed E-state index contributed by atoms with van der Waals surface area (Å²) in [5, 5.41) is 0. The van der Waals surface area contributed by atoms with Crippen LogP contribution in [0.3, 0.4) is 0 Å². The summed E-state index contributed by atoms with van der Waals surface area (Å²) in [5.41, 5.74) is -1.64. The van der Waals surface area contributed by atoms with E-state index in [1.165, 1.54) is 6.07 Å². The van der Waals surface area contributed by atoms with E-state index in [0.29, 0.717) is 12.0 Å². The van der Waals surface area contributed by atoms with Gasteiger partial charge in [-0.05, 0) is 38.0 Å². The van der Waals surface area contributed by atoms with Crippen molar-refractivity contribution in [2.45, 2.75) is 38.4 Å². The van der Waals surface area contributed by atoms with Crippen LogP contribution in [-0.4, -0.2) is 18.2 Å². The van der Waals surface area contributed by atoms with Gasteiger partial charge in [-0.1, -0.05) is 13.0 Å². The van der Waals surface area contributed by atoms with E-state index in [0.717, 1.165) is 12.1 Å². The number of carbonyl (C=O) groups is 1. The lowest BCUT2D eigenvalue weighted by Gasteiger charge is -2.14. The van der Waals surface area contributed by atoms with Gasteiger partial charge in [0.05, 0.1) is 6.61 Å². The van der Waals surface area contributed by atoms with Gasteiger partial charge in [0.15, 0.2) is 17.2 Å². The normalized spacial score (nSPS) is 29.1. The van der Waals surface area contributed by atoms with E-state index in [-0.39, 0.29) is 6.61 Å². The van der Waals surface area contributed by atoms with Gasteiger partial charge in [0.25, 0.3) is 0 Å². The van der Waals surface area contributed by atoms with Crippen LogP contribution in [0.25, 0.3) is 0 Å². The molecular formula is C14H16F2O3. The van der Waals surface area contributed by atoms with E-state index in [4.69, 9.17) is 9.47 Å². The lowest BCUT2D eigenvalue weighted by molar-refractivity contribution is -0.149. The Hall–Kier alpha value is -1.49. The Kier molecular flexibility index (Phi) is 3.34. The molecule has 3 nitrogen and oxygen atoms in total. The molecule has 2 unspecified atom stereocenters. The standard InChI is InChI=1S/C14H16F2O3/c1-4-14(12(17)18-5-2)13(3,19-14)9-6-7-10(15)11(16)8-9/h6-8H,4-5H2,1-3H3. The molecule has 1 aromatic rings. The first-order valence-corrected chi connectivity index (χ1v) is 6.24. The van der Waals surface area contributed by atoms with Gasteiger partial charge in [-0.2, -0.15) is 0 Å². The van der Waals surface area contributed by atoms with E-state index in [9.17, 15) is 13.6 Å².